The first-order valence-electron chi connectivity index (χ1n) is 12.8. The molecule has 2 unspecified atom stereocenters. The van der Waals surface area contributed by atoms with Crippen molar-refractivity contribution in [3.05, 3.63) is 89.4 Å². The van der Waals surface area contributed by atoms with Crippen LogP contribution in [0, 0.1) is 6.92 Å². The maximum atomic E-state index is 13.5. The highest BCUT2D eigenvalue weighted by Crippen LogP contribution is 2.35. The first-order chi connectivity index (χ1) is 18.9. The topological polar surface area (TPSA) is 116 Å². The molecule has 0 saturated carbocycles. The van der Waals surface area contributed by atoms with Crippen LogP contribution in [0.2, 0.25) is 0 Å². The van der Waals surface area contributed by atoms with E-state index in [2.05, 4.69) is 15.6 Å². The van der Waals surface area contributed by atoms with E-state index in [-0.39, 0.29) is 30.7 Å². The molecule has 5 rings (SSSR count). The van der Waals surface area contributed by atoms with E-state index in [0.29, 0.717) is 41.0 Å². The Morgan fingerprint density at radius 2 is 1.85 bits per heavy atom. The van der Waals surface area contributed by atoms with E-state index in [1.807, 2.05) is 62.4 Å². The molecule has 2 N–H and O–H groups in total. The predicted octanol–water partition coefficient (Wildman–Crippen LogP) is 4.08. The molecule has 0 bridgehead atoms. The third-order valence-corrected chi connectivity index (χ3v) is 7.78. The van der Waals surface area contributed by atoms with Crippen molar-refractivity contribution in [3.63, 3.8) is 0 Å². The van der Waals surface area contributed by atoms with Gasteiger partial charge in [-0.05, 0) is 43.2 Å². The first kappa shape index (κ1) is 26.4. The lowest BCUT2D eigenvalue weighted by Gasteiger charge is -2.27. The van der Waals surface area contributed by atoms with Crippen LogP contribution in [0.1, 0.15) is 42.2 Å². The zero-order valence-corrected chi connectivity index (χ0v) is 22.5. The lowest BCUT2D eigenvalue weighted by atomic mass is 10.1. The van der Waals surface area contributed by atoms with Gasteiger partial charge in [-0.25, -0.2) is 9.89 Å². The molecular weight excluding hydrogens is 514 g/mol. The summed E-state index contributed by atoms with van der Waals surface area (Å²) in [6.45, 7) is 4.59. The van der Waals surface area contributed by atoms with Crippen LogP contribution in [-0.2, 0) is 27.5 Å². The van der Waals surface area contributed by atoms with Crippen molar-refractivity contribution in [2.24, 2.45) is 9.98 Å². The van der Waals surface area contributed by atoms with Gasteiger partial charge in [-0.1, -0.05) is 60.6 Å². The third kappa shape index (κ3) is 5.96. The number of para-hydroxylation sites is 1. The van der Waals surface area contributed by atoms with Crippen molar-refractivity contribution in [1.82, 2.24) is 15.5 Å². The second-order valence-corrected chi connectivity index (χ2v) is 10.5. The van der Waals surface area contributed by atoms with Gasteiger partial charge in [0.25, 0.3) is 5.91 Å². The molecule has 10 heteroatoms. The third-order valence-electron chi connectivity index (χ3n) is 6.46. The summed E-state index contributed by atoms with van der Waals surface area (Å²) in [5.41, 5.74) is 3.55. The molecule has 3 amide bonds. The van der Waals surface area contributed by atoms with Crippen LogP contribution in [0.25, 0.3) is 0 Å². The summed E-state index contributed by atoms with van der Waals surface area (Å²) in [6, 6.07) is 18.0. The molecule has 0 fully saturated rings. The molecule has 39 heavy (non-hydrogen) atoms. The summed E-state index contributed by atoms with van der Waals surface area (Å²) < 4.78 is 5.25. The van der Waals surface area contributed by atoms with Gasteiger partial charge in [0.1, 0.15) is 17.6 Å². The van der Waals surface area contributed by atoms with Crippen molar-refractivity contribution < 1.29 is 18.8 Å². The summed E-state index contributed by atoms with van der Waals surface area (Å²) >= 11 is 1.23. The Hall–Kier alpha value is -4.18. The maximum absolute atomic E-state index is 13.5. The predicted molar refractivity (Wildman–Crippen MR) is 151 cm³/mol. The molecule has 0 spiro atoms. The van der Waals surface area contributed by atoms with Crippen molar-refractivity contribution in [2.45, 2.75) is 51.1 Å². The second kappa shape index (κ2) is 11.7. The molecule has 3 aromatic rings. The van der Waals surface area contributed by atoms with Gasteiger partial charge in [0.2, 0.25) is 11.8 Å². The number of amides is 3. The Kier molecular flexibility index (Phi) is 7.92. The molecule has 2 aromatic carbocycles. The van der Waals surface area contributed by atoms with Crippen molar-refractivity contribution >= 4 is 46.2 Å². The molecule has 2 atom stereocenters. The molecular formula is C29H29N5O4S. The Morgan fingerprint density at radius 3 is 2.59 bits per heavy atom. The fourth-order valence-electron chi connectivity index (χ4n) is 4.32. The lowest BCUT2D eigenvalue weighted by molar-refractivity contribution is -0.128. The highest BCUT2D eigenvalue weighted by atomic mass is 32.2. The summed E-state index contributed by atoms with van der Waals surface area (Å²) in [6.07, 6.45) is 1.97. The van der Waals surface area contributed by atoms with E-state index in [0.717, 1.165) is 11.1 Å². The van der Waals surface area contributed by atoms with Crippen LogP contribution in [0.3, 0.4) is 0 Å². The van der Waals surface area contributed by atoms with Gasteiger partial charge in [-0.3, -0.25) is 19.4 Å². The van der Waals surface area contributed by atoms with Crippen LogP contribution in [-0.4, -0.2) is 44.9 Å². The minimum atomic E-state index is -0.885. The lowest BCUT2D eigenvalue weighted by Crippen LogP contribution is -2.43. The average Bonchev–Trinajstić information content (AvgIpc) is 3.58. The summed E-state index contributed by atoms with van der Waals surface area (Å²) in [7, 11) is 0. The Labute approximate surface area is 230 Å². The van der Waals surface area contributed by atoms with Gasteiger partial charge in [0.15, 0.2) is 5.17 Å². The van der Waals surface area contributed by atoms with Gasteiger partial charge in [0, 0.05) is 12.1 Å². The van der Waals surface area contributed by atoms with Crippen LogP contribution < -0.4 is 10.6 Å². The Bertz CT molecular complexity index is 1430. The zero-order chi connectivity index (χ0) is 27.4. The van der Waals surface area contributed by atoms with Crippen LogP contribution >= 0.6 is 11.8 Å². The number of aliphatic imine (C=N–C) groups is 2. The number of amidine groups is 2. The Balaban J connectivity index is 1.30. The maximum Gasteiger partial charge on any atom is 0.259 e. The summed E-state index contributed by atoms with van der Waals surface area (Å²) in [4.78, 5) is 50.1. The largest absolute Gasteiger partial charge is 0.467 e. The van der Waals surface area contributed by atoms with E-state index < -0.39 is 11.3 Å². The number of fused-ring (bicyclic) bond motifs is 3. The molecule has 9 nitrogen and oxygen atoms in total. The molecule has 200 valence electrons. The van der Waals surface area contributed by atoms with E-state index >= 15 is 0 Å². The molecule has 0 aliphatic carbocycles. The first-order valence-corrected chi connectivity index (χ1v) is 13.7. The van der Waals surface area contributed by atoms with E-state index in [4.69, 9.17) is 9.41 Å². The second-order valence-electron chi connectivity index (χ2n) is 9.33. The number of furan rings is 1. The number of hydrogen-bond donors (Lipinski definition) is 2. The molecule has 3 heterocycles. The molecule has 2 aliphatic rings. The zero-order valence-electron chi connectivity index (χ0n) is 21.7. The van der Waals surface area contributed by atoms with Crippen LogP contribution in [0.4, 0.5) is 5.69 Å². The van der Waals surface area contributed by atoms with Gasteiger partial charge in [0.05, 0.1) is 30.2 Å². The number of nitrogens with zero attached hydrogens (tertiary/aromatic N) is 3. The van der Waals surface area contributed by atoms with E-state index in [1.165, 1.54) is 22.9 Å². The number of rotatable bonds is 9. The number of carbonyl (C=O) groups is 3. The smallest absolute Gasteiger partial charge is 0.259 e. The van der Waals surface area contributed by atoms with Crippen molar-refractivity contribution in [2.75, 3.05) is 0 Å². The molecule has 0 saturated heterocycles. The fraction of sp³-hybridized carbons (Fsp3) is 0.276. The number of hydrogen-bond acceptors (Lipinski definition) is 7. The van der Waals surface area contributed by atoms with E-state index in [1.54, 1.807) is 12.1 Å². The number of nitrogens with one attached hydrogen (secondary N) is 2. The summed E-state index contributed by atoms with van der Waals surface area (Å²) in [5.74, 6) is 0.287. The van der Waals surface area contributed by atoms with Gasteiger partial charge in [-0.2, -0.15) is 0 Å². The molecule has 0 radical (unpaired) electrons. The normalized spacial score (nSPS) is 16.6. The highest BCUT2D eigenvalue weighted by Gasteiger charge is 2.43. The minimum absolute atomic E-state index is 0.103. The fourth-order valence-corrected chi connectivity index (χ4v) is 5.36. The number of carbonyl (C=O) groups excluding carboxylic acids is 3. The van der Waals surface area contributed by atoms with E-state index in [9.17, 15) is 14.4 Å². The average molecular weight is 544 g/mol. The number of benzene rings is 2. The minimum Gasteiger partial charge on any atom is -0.467 e. The highest BCUT2D eigenvalue weighted by molar-refractivity contribution is 8.15. The van der Waals surface area contributed by atoms with Gasteiger partial charge >= 0.3 is 0 Å². The number of thioether (sulfide) groups is 1. The van der Waals surface area contributed by atoms with Gasteiger partial charge < -0.3 is 15.1 Å². The quantitative estimate of drug-likeness (QED) is 0.422. The van der Waals surface area contributed by atoms with Crippen LogP contribution in [0.5, 0.6) is 0 Å². The molecule has 2 aliphatic heterocycles. The monoisotopic (exact) mass is 543 g/mol. The summed E-state index contributed by atoms with van der Waals surface area (Å²) in [5, 5.41) is 5.68. The SMILES string of the molecule is CCC(SC1=Nc2ccccc2C2=NC(CC(=O)NCc3ccco3)C(=O)N12)C(=O)NCc1ccc(C)cc1. The van der Waals surface area contributed by atoms with Crippen molar-refractivity contribution in [1.29, 1.82) is 0 Å². The standard InChI is InChI=1S/C29H29N5O4S/c1-3-24(27(36)31-16-19-12-10-18(2)11-13-19)39-29-33-22-9-5-4-8-21(22)26-32-23(28(37)34(26)29)15-25(35)30-17-20-7-6-14-38-20/h4-14,23-24H,3,15-17H2,1-2H3,(H,30,35)(H,31,36). The molecule has 1 aromatic heterocycles. The Morgan fingerprint density at radius 1 is 1.05 bits per heavy atom. The van der Waals surface area contributed by atoms with Gasteiger partial charge in [-0.15, -0.1) is 0 Å². The van der Waals surface area contributed by atoms with Crippen LogP contribution in [0.15, 0.2) is 81.3 Å². The number of aryl methyl sites for hydroxylation is 1. The van der Waals surface area contributed by atoms with Crippen molar-refractivity contribution in [3.8, 4) is 0 Å².